The molecule has 0 aromatic carbocycles. The van der Waals surface area contributed by atoms with Crippen molar-refractivity contribution in [3.05, 3.63) is 24.3 Å². The molecule has 0 aliphatic rings. The van der Waals surface area contributed by atoms with Crippen molar-refractivity contribution >= 4 is 5.91 Å². The van der Waals surface area contributed by atoms with Gasteiger partial charge in [-0.25, -0.2) is 0 Å². The third-order valence-corrected chi connectivity index (χ3v) is 10.8. The lowest BCUT2D eigenvalue weighted by atomic mass is 10.0. The smallest absolute Gasteiger partial charge is 0.220 e. The zero-order valence-corrected chi connectivity index (χ0v) is 35.0. The number of aliphatic hydroxyl groups excluding tert-OH is 3. The lowest BCUT2D eigenvalue weighted by Crippen LogP contribution is -2.50. The summed E-state index contributed by atoms with van der Waals surface area (Å²) in [6.45, 7) is 4.17. The van der Waals surface area contributed by atoms with Crippen molar-refractivity contribution in [3.8, 4) is 0 Å². The summed E-state index contributed by atoms with van der Waals surface area (Å²) >= 11 is 0. The molecule has 3 atom stereocenters. The molecule has 0 rings (SSSR count). The highest BCUT2D eigenvalue weighted by Gasteiger charge is 2.26. The Balaban J connectivity index is 3.62. The van der Waals surface area contributed by atoms with Crippen LogP contribution in [0.2, 0.25) is 0 Å². The molecule has 308 valence electrons. The summed E-state index contributed by atoms with van der Waals surface area (Å²) < 4.78 is 0. The third kappa shape index (κ3) is 37.2. The number of allylic oxidation sites excluding steroid dienone is 4. The summed E-state index contributed by atoms with van der Waals surface area (Å²) in [5.41, 5.74) is 0. The predicted molar refractivity (Wildman–Crippen MR) is 227 cm³/mol. The molecule has 0 aliphatic carbocycles. The molecule has 0 aliphatic heterocycles. The summed E-state index contributed by atoms with van der Waals surface area (Å²) in [5.74, 6) is -0.155. The van der Waals surface area contributed by atoms with E-state index in [-0.39, 0.29) is 12.5 Å². The minimum atomic E-state index is -1.16. The molecule has 0 aromatic rings. The van der Waals surface area contributed by atoms with Crippen LogP contribution in [0, 0.1) is 0 Å². The second kappa shape index (κ2) is 42.6. The highest BCUT2D eigenvalue weighted by atomic mass is 16.3. The van der Waals surface area contributed by atoms with Gasteiger partial charge < -0.3 is 20.6 Å². The van der Waals surface area contributed by atoms with E-state index in [4.69, 9.17) is 0 Å². The molecule has 0 aromatic heterocycles. The van der Waals surface area contributed by atoms with Crippen LogP contribution in [0.1, 0.15) is 245 Å². The molecule has 0 fully saturated rings. The van der Waals surface area contributed by atoms with Crippen molar-refractivity contribution < 1.29 is 20.1 Å². The first-order chi connectivity index (χ1) is 25.6. The second-order valence-corrected chi connectivity index (χ2v) is 16.0. The molecule has 0 saturated heterocycles. The minimum absolute atomic E-state index is 0.155. The van der Waals surface area contributed by atoms with Crippen LogP contribution in [-0.4, -0.2) is 46.1 Å². The van der Waals surface area contributed by atoms with E-state index in [9.17, 15) is 20.1 Å². The molecule has 3 unspecified atom stereocenters. The van der Waals surface area contributed by atoms with Crippen LogP contribution in [0.25, 0.3) is 0 Å². The number of carbonyl (C=O) groups is 1. The predicted octanol–water partition coefficient (Wildman–Crippen LogP) is 13.4. The number of aliphatic hydroxyl groups is 3. The Bertz CT molecular complexity index is 768. The van der Waals surface area contributed by atoms with Gasteiger partial charge in [-0.15, -0.1) is 0 Å². The Kier molecular flexibility index (Phi) is 41.6. The summed E-state index contributed by atoms with van der Waals surface area (Å²) in [6, 6.07) is -0.828. The van der Waals surface area contributed by atoms with Gasteiger partial charge in [-0.3, -0.25) is 4.79 Å². The van der Waals surface area contributed by atoms with Gasteiger partial charge in [-0.2, -0.15) is 0 Å². The van der Waals surface area contributed by atoms with Crippen molar-refractivity contribution in [1.82, 2.24) is 5.32 Å². The molecule has 5 nitrogen and oxygen atoms in total. The first-order valence-corrected chi connectivity index (χ1v) is 23.1. The topological polar surface area (TPSA) is 89.8 Å². The molecule has 0 saturated carbocycles. The summed E-state index contributed by atoms with van der Waals surface area (Å²) in [4.78, 5) is 12.4. The summed E-state index contributed by atoms with van der Waals surface area (Å²) in [7, 11) is 0. The minimum Gasteiger partial charge on any atom is -0.394 e. The van der Waals surface area contributed by atoms with E-state index < -0.39 is 18.2 Å². The van der Waals surface area contributed by atoms with Crippen LogP contribution >= 0.6 is 0 Å². The lowest BCUT2D eigenvalue weighted by molar-refractivity contribution is -0.124. The molecule has 52 heavy (non-hydrogen) atoms. The largest absolute Gasteiger partial charge is 0.394 e. The normalized spacial score (nSPS) is 13.7. The van der Waals surface area contributed by atoms with E-state index in [0.717, 1.165) is 44.9 Å². The molecular formula is C47H91NO4. The molecule has 4 N–H and O–H groups in total. The van der Waals surface area contributed by atoms with E-state index in [0.29, 0.717) is 12.8 Å². The summed E-state index contributed by atoms with van der Waals surface area (Å²) in [6.07, 6.45) is 51.5. The van der Waals surface area contributed by atoms with Crippen molar-refractivity contribution in [1.29, 1.82) is 0 Å². The van der Waals surface area contributed by atoms with Crippen LogP contribution in [0.15, 0.2) is 24.3 Å². The third-order valence-electron chi connectivity index (χ3n) is 10.8. The quantitative estimate of drug-likeness (QED) is 0.0371. The molecule has 1 amide bonds. The molecule has 5 heteroatoms. The van der Waals surface area contributed by atoms with Crippen LogP contribution in [-0.2, 0) is 4.79 Å². The number of carbonyl (C=O) groups excluding carboxylic acids is 1. The van der Waals surface area contributed by atoms with E-state index in [1.807, 2.05) is 0 Å². The second-order valence-electron chi connectivity index (χ2n) is 16.0. The van der Waals surface area contributed by atoms with E-state index in [2.05, 4.69) is 43.5 Å². The number of hydrogen-bond acceptors (Lipinski definition) is 4. The Morgan fingerprint density at radius 1 is 0.462 bits per heavy atom. The van der Waals surface area contributed by atoms with Gasteiger partial charge in [-0.1, -0.05) is 212 Å². The standard InChI is InChI=1S/C47H91NO4/c1-3-5-7-9-11-13-15-17-19-21-22-23-24-25-26-28-30-32-34-36-38-40-42-46(51)48-44(43-49)47(52)45(50)41-39-37-35-33-31-29-27-20-18-16-14-12-10-8-6-4-2/h20,27,33,35,44-45,47,49-50,52H,3-19,21-26,28-32,34,36-43H2,1-2H3,(H,48,51)/b27-20+,35-33+. The van der Waals surface area contributed by atoms with Gasteiger partial charge in [0.15, 0.2) is 0 Å². The van der Waals surface area contributed by atoms with Crippen molar-refractivity contribution in [2.75, 3.05) is 6.61 Å². The SMILES string of the molecule is CCCCCCCCC/C=C/CC/C=C/CCCC(O)C(O)C(CO)NC(=O)CCCCCCCCCCCCCCCCCCCCCCCC. The van der Waals surface area contributed by atoms with Gasteiger partial charge in [0, 0.05) is 6.42 Å². The van der Waals surface area contributed by atoms with Crippen LogP contribution in [0.5, 0.6) is 0 Å². The van der Waals surface area contributed by atoms with Gasteiger partial charge in [0.1, 0.15) is 6.10 Å². The number of hydrogen-bond donors (Lipinski definition) is 4. The molecule has 0 radical (unpaired) electrons. The number of unbranched alkanes of at least 4 members (excludes halogenated alkanes) is 30. The highest BCUT2D eigenvalue weighted by molar-refractivity contribution is 5.76. The molecular weight excluding hydrogens is 643 g/mol. The number of amides is 1. The van der Waals surface area contributed by atoms with Gasteiger partial charge in [-0.05, 0) is 51.4 Å². The van der Waals surface area contributed by atoms with Crippen LogP contribution in [0.4, 0.5) is 0 Å². The Morgan fingerprint density at radius 2 is 0.788 bits per heavy atom. The van der Waals surface area contributed by atoms with Crippen LogP contribution in [0.3, 0.4) is 0 Å². The zero-order chi connectivity index (χ0) is 38.0. The van der Waals surface area contributed by atoms with E-state index in [1.54, 1.807) is 0 Å². The maximum Gasteiger partial charge on any atom is 0.220 e. The van der Waals surface area contributed by atoms with Gasteiger partial charge in [0.25, 0.3) is 0 Å². The lowest BCUT2D eigenvalue weighted by Gasteiger charge is -2.26. The van der Waals surface area contributed by atoms with Crippen LogP contribution < -0.4 is 5.32 Å². The number of nitrogens with one attached hydrogen (secondary N) is 1. The molecule has 0 spiro atoms. The fourth-order valence-electron chi connectivity index (χ4n) is 7.18. The Morgan fingerprint density at radius 3 is 1.17 bits per heavy atom. The average Bonchev–Trinajstić information content (AvgIpc) is 3.15. The van der Waals surface area contributed by atoms with Gasteiger partial charge >= 0.3 is 0 Å². The maximum atomic E-state index is 12.4. The highest BCUT2D eigenvalue weighted by Crippen LogP contribution is 2.16. The van der Waals surface area contributed by atoms with Gasteiger partial charge in [0.2, 0.25) is 5.91 Å². The monoisotopic (exact) mass is 734 g/mol. The number of rotatable bonds is 42. The Hall–Kier alpha value is -1.17. The zero-order valence-electron chi connectivity index (χ0n) is 35.0. The van der Waals surface area contributed by atoms with Crippen molar-refractivity contribution in [3.63, 3.8) is 0 Å². The fourth-order valence-corrected chi connectivity index (χ4v) is 7.18. The Labute approximate surface area is 324 Å². The van der Waals surface area contributed by atoms with E-state index >= 15 is 0 Å². The fraction of sp³-hybridized carbons (Fsp3) is 0.894. The van der Waals surface area contributed by atoms with Crippen molar-refractivity contribution in [2.45, 2.75) is 263 Å². The van der Waals surface area contributed by atoms with E-state index in [1.165, 1.54) is 173 Å². The first-order valence-electron chi connectivity index (χ1n) is 23.1. The summed E-state index contributed by atoms with van der Waals surface area (Å²) in [5, 5.41) is 33.5. The van der Waals surface area contributed by atoms with Crippen molar-refractivity contribution in [2.24, 2.45) is 0 Å². The first kappa shape index (κ1) is 50.8. The maximum absolute atomic E-state index is 12.4. The average molecular weight is 734 g/mol. The van der Waals surface area contributed by atoms with Gasteiger partial charge in [0.05, 0.1) is 18.8 Å². The molecule has 0 heterocycles. The molecule has 0 bridgehead atoms.